The van der Waals surface area contributed by atoms with Crippen LogP contribution in [0.1, 0.15) is 12.8 Å². The monoisotopic (exact) mass is 158 g/mol. The third-order valence-corrected chi connectivity index (χ3v) is 2.11. The fraction of sp³-hybridized carbons (Fsp3) is 1.00. The number of hydrogen-bond donors (Lipinski definition) is 2. The van der Waals surface area contributed by atoms with Crippen molar-refractivity contribution in [3.8, 4) is 0 Å². The molecule has 0 unspecified atom stereocenters. The van der Waals surface area contributed by atoms with Crippen molar-refractivity contribution in [1.29, 1.82) is 0 Å². The molecule has 0 amide bonds. The number of nitrogens with zero attached hydrogens (tertiary/aromatic N) is 1. The molecule has 1 rings (SSSR count). The fourth-order valence-corrected chi connectivity index (χ4v) is 1.52. The molecule has 66 valence electrons. The lowest BCUT2D eigenvalue weighted by molar-refractivity contribution is 0.0831. The zero-order valence-electron chi connectivity index (χ0n) is 7.38. The number of hydrogen-bond acceptors (Lipinski definition) is 3. The molecule has 0 bridgehead atoms. The highest BCUT2D eigenvalue weighted by Gasteiger charge is 2.22. The first-order valence-electron chi connectivity index (χ1n) is 4.26. The van der Waals surface area contributed by atoms with Crippen LogP contribution in [-0.4, -0.2) is 49.3 Å². The van der Waals surface area contributed by atoms with Gasteiger partial charge in [0.1, 0.15) is 0 Å². The Balaban J connectivity index is 2.29. The molecule has 1 heterocycles. The van der Waals surface area contributed by atoms with Gasteiger partial charge in [-0.2, -0.15) is 0 Å². The maximum Gasteiger partial charge on any atom is 0.0706 e. The van der Waals surface area contributed by atoms with Crippen molar-refractivity contribution in [2.24, 2.45) is 0 Å². The van der Waals surface area contributed by atoms with Crippen LogP contribution >= 0.6 is 0 Å². The van der Waals surface area contributed by atoms with Crippen molar-refractivity contribution < 1.29 is 5.11 Å². The maximum absolute atomic E-state index is 9.53. The van der Waals surface area contributed by atoms with Gasteiger partial charge in [-0.25, -0.2) is 0 Å². The highest BCUT2D eigenvalue weighted by molar-refractivity contribution is 4.81. The molecule has 0 radical (unpaired) electrons. The predicted octanol–water partition coefficient (Wildman–Crippen LogP) is -0.339. The van der Waals surface area contributed by atoms with E-state index in [1.807, 2.05) is 14.1 Å². The number of aliphatic hydroxyl groups is 1. The van der Waals surface area contributed by atoms with Gasteiger partial charge in [-0.05, 0) is 33.5 Å². The Bertz CT molecular complexity index is 117. The number of likely N-dealkylation sites (N-methyl/N-ethyl adjacent to an activating group) is 1. The van der Waals surface area contributed by atoms with Gasteiger partial charge in [0.05, 0.1) is 6.10 Å². The van der Waals surface area contributed by atoms with Crippen molar-refractivity contribution in [2.45, 2.75) is 25.0 Å². The summed E-state index contributed by atoms with van der Waals surface area (Å²) in [5.41, 5.74) is 0. The van der Waals surface area contributed by atoms with Crippen molar-refractivity contribution >= 4 is 0 Å². The number of rotatable bonds is 2. The minimum Gasteiger partial charge on any atom is -0.391 e. The van der Waals surface area contributed by atoms with Crippen LogP contribution in [0.25, 0.3) is 0 Å². The molecule has 0 aromatic rings. The standard InChI is InChI=1S/C8H18N2O/c1-10(2)6-7-8(11)4-3-5-9-7/h7-9,11H,3-6H2,1-2H3/t7-,8+/m0/s1. The summed E-state index contributed by atoms with van der Waals surface area (Å²) in [5, 5.41) is 12.8. The zero-order valence-corrected chi connectivity index (χ0v) is 7.38. The van der Waals surface area contributed by atoms with Crippen LogP contribution in [0.5, 0.6) is 0 Å². The van der Waals surface area contributed by atoms with Crippen molar-refractivity contribution in [3.63, 3.8) is 0 Å². The topological polar surface area (TPSA) is 35.5 Å². The van der Waals surface area contributed by atoms with Crippen LogP contribution in [0.15, 0.2) is 0 Å². The Morgan fingerprint density at radius 1 is 1.55 bits per heavy atom. The number of aliphatic hydroxyl groups excluding tert-OH is 1. The third kappa shape index (κ3) is 2.77. The van der Waals surface area contributed by atoms with E-state index < -0.39 is 0 Å². The quantitative estimate of drug-likeness (QED) is 0.577. The summed E-state index contributed by atoms with van der Waals surface area (Å²) in [6.45, 7) is 1.98. The van der Waals surface area contributed by atoms with Crippen LogP contribution in [0.3, 0.4) is 0 Å². The molecule has 2 atom stereocenters. The highest BCUT2D eigenvalue weighted by Crippen LogP contribution is 2.08. The van der Waals surface area contributed by atoms with E-state index in [9.17, 15) is 5.11 Å². The molecule has 0 saturated carbocycles. The largest absolute Gasteiger partial charge is 0.391 e. The number of piperidine rings is 1. The summed E-state index contributed by atoms with van der Waals surface area (Å²) in [5.74, 6) is 0. The Morgan fingerprint density at radius 3 is 2.82 bits per heavy atom. The van der Waals surface area contributed by atoms with E-state index in [4.69, 9.17) is 0 Å². The van der Waals surface area contributed by atoms with Gasteiger partial charge < -0.3 is 15.3 Å². The lowest BCUT2D eigenvalue weighted by Crippen LogP contribution is -2.50. The van der Waals surface area contributed by atoms with Crippen LogP contribution in [0.2, 0.25) is 0 Å². The molecular weight excluding hydrogens is 140 g/mol. The van der Waals surface area contributed by atoms with Gasteiger partial charge >= 0.3 is 0 Å². The lowest BCUT2D eigenvalue weighted by Gasteiger charge is -2.30. The lowest BCUT2D eigenvalue weighted by atomic mass is 10.0. The van der Waals surface area contributed by atoms with Gasteiger partial charge in [0, 0.05) is 12.6 Å². The molecule has 1 fully saturated rings. The van der Waals surface area contributed by atoms with Gasteiger partial charge in [0.2, 0.25) is 0 Å². The molecule has 3 heteroatoms. The van der Waals surface area contributed by atoms with E-state index in [0.717, 1.165) is 25.9 Å². The molecule has 1 aliphatic rings. The van der Waals surface area contributed by atoms with E-state index in [-0.39, 0.29) is 12.1 Å². The second-order valence-corrected chi connectivity index (χ2v) is 3.53. The summed E-state index contributed by atoms with van der Waals surface area (Å²) < 4.78 is 0. The SMILES string of the molecule is CN(C)C[C@@H]1NCCC[C@H]1O. The Kier molecular flexibility index (Phi) is 3.30. The van der Waals surface area contributed by atoms with Gasteiger partial charge in [0.25, 0.3) is 0 Å². The van der Waals surface area contributed by atoms with E-state index in [1.165, 1.54) is 0 Å². The van der Waals surface area contributed by atoms with E-state index in [1.54, 1.807) is 0 Å². The van der Waals surface area contributed by atoms with Gasteiger partial charge in [-0.1, -0.05) is 0 Å². The molecular formula is C8H18N2O. The van der Waals surface area contributed by atoms with Crippen molar-refractivity contribution in [2.75, 3.05) is 27.2 Å². The van der Waals surface area contributed by atoms with E-state index in [2.05, 4.69) is 10.2 Å². The molecule has 3 nitrogen and oxygen atoms in total. The summed E-state index contributed by atoms with van der Waals surface area (Å²) in [6, 6.07) is 0.277. The maximum atomic E-state index is 9.53. The Labute approximate surface area is 68.4 Å². The third-order valence-electron chi connectivity index (χ3n) is 2.11. The predicted molar refractivity (Wildman–Crippen MR) is 45.6 cm³/mol. The smallest absolute Gasteiger partial charge is 0.0706 e. The minimum absolute atomic E-state index is 0.147. The van der Waals surface area contributed by atoms with Gasteiger partial charge in [0.15, 0.2) is 0 Å². The first-order chi connectivity index (χ1) is 5.20. The molecule has 0 aromatic carbocycles. The Hall–Kier alpha value is -0.120. The van der Waals surface area contributed by atoms with E-state index >= 15 is 0 Å². The van der Waals surface area contributed by atoms with Crippen LogP contribution in [-0.2, 0) is 0 Å². The van der Waals surface area contributed by atoms with Gasteiger partial charge in [-0.3, -0.25) is 0 Å². The van der Waals surface area contributed by atoms with Crippen molar-refractivity contribution in [3.05, 3.63) is 0 Å². The highest BCUT2D eigenvalue weighted by atomic mass is 16.3. The summed E-state index contributed by atoms with van der Waals surface area (Å²) >= 11 is 0. The fourth-order valence-electron chi connectivity index (χ4n) is 1.52. The average molecular weight is 158 g/mol. The first-order valence-corrected chi connectivity index (χ1v) is 4.26. The number of nitrogens with one attached hydrogen (secondary N) is 1. The second kappa shape index (κ2) is 4.04. The van der Waals surface area contributed by atoms with Crippen LogP contribution < -0.4 is 5.32 Å². The normalized spacial score (nSPS) is 32.7. The molecule has 2 N–H and O–H groups in total. The van der Waals surface area contributed by atoms with Gasteiger partial charge in [-0.15, -0.1) is 0 Å². The zero-order chi connectivity index (χ0) is 8.27. The summed E-state index contributed by atoms with van der Waals surface area (Å²) in [7, 11) is 4.06. The second-order valence-electron chi connectivity index (χ2n) is 3.53. The molecule has 0 aliphatic carbocycles. The Morgan fingerprint density at radius 2 is 2.27 bits per heavy atom. The summed E-state index contributed by atoms with van der Waals surface area (Å²) in [6.07, 6.45) is 1.91. The first kappa shape index (κ1) is 8.97. The molecule has 0 aromatic heterocycles. The van der Waals surface area contributed by atoms with Crippen LogP contribution in [0.4, 0.5) is 0 Å². The van der Waals surface area contributed by atoms with E-state index in [0.29, 0.717) is 0 Å². The molecule has 1 saturated heterocycles. The average Bonchev–Trinajstić information content (AvgIpc) is 1.93. The minimum atomic E-state index is -0.147. The molecule has 1 aliphatic heterocycles. The molecule has 11 heavy (non-hydrogen) atoms. The molecule has 0 spiro atoms. The summed E-state index contributed by atoms with van der Waals surface area (Å²) in [4.78, 5) is 2.10. The van der Waals surface area contributed by atoms with Crippen LogP contribution in [0, 0.1) is 0 Å². The van der Waals surface area contributed by atoms with Crippen molar-refractivity contribution in [1.82, 2.24) is 10.2 Å².